The van der Waals surface area contributed by atoms with Crippen LogP contribution in [0.2, 0.25) is 0 Å². The molecule has 0 bridgehead atoms. The van der Waals surface area contributed by atoms with E-state index in [1.807, 2.05) is 0 Å². The molecule has 17 heavy (non-hydrogen) atoms. The Hall–Kier alpha value is -1.89. The number of aromatic nitrogens is 4. The van der Waals surface area contributed by atoms with Gasteiger partial charge in [0.15, 0.2) is 5.65 Å². The van der Waals surface area contributed by atoms with Gasteiger partial charge in [-0.05, 0) is 12.3 Å². The number of nitrogens with zero attached hydrogens (tertiary/aromatic N) is 1. The molecule has 2 atom stereocenters. The third-order valence-corrected chi connectivity index (χ3v) is 3.07. The minimum Gasteiger partial charge on any atom is -0.370 e. The predicted octanol–water partition coefficient (Wildman–Crippen LogP) is 0.0370. The van der Waals surface area contributed by atoms with Gasteiger partial charge in [0.2, 0.25) is 0 Å². The highest BCUT2D eigenvalue weighted by Crippen LogP contribution is 2.32. The van der Waals surface area contributed by atoms with Crippen LogP contribution in [-0.2, 0) is 4.74 Å². The summed E-state index contributed by atoms with van der Waals surface area (Å²) in [5, 5.41) is 0. The maximum Gasteiger partial charge on any atom is 0.327 e. The standard InChI is InChI=1S/C10H12N4O3/c1-4-2-3-17-6(4)8-11-5-7(12-8)13-10(16)14-9(5)15/h4,6H,2-3H2,1H3,(H3,11,12,13,14,15,16). The first kappa shape index (κ1) is 10.3. The van der Waals surface area contributed by atoms with Crippen molar-refractivity contribution in [1.82, 2.24) is 19.9 Å². The van der Waals surface area contributed by atoms with Crippen LogP contribution < -0.4 is 11.2 Å². The summed E-state index contributed by atoms with van der Waals surface area (Å²) < 4.78 is 5.55. The lowest BCUT2D eigenvalue weighted by Gasteiger charge is -2.10. The van der Waals surface area contributed by atoms with E-state index >= 15 is 0 Å². The van der Waals surface area contributed by atoms with Gasteiger partial charge in [-0.2, -0.15) is 0 Å². The molecule has 1 aliphatic heterocycles. The fourth-order valence-corrected chi connectivity index (χ4v) is 2.13. The molecule has 3 N–H and O–H groups in total. The molecule has 0 aromatic carbocycles. The lowest BCUT2D eigenvalue weighted by Crippen LogP contribution is -2.21. The van der Waals surface area contributed by atoms with Crippen LogP contribution in [0.1, 0.15) is 25.3 Å². The first-order valence-electron chi connectivity index (χ1n) is 5.49. The number of hydrogen-bond acceptors (Lipinski definition) is 4. The molecule has 7 nitrogen and oxygen atoms in total. The highest BCUT2D eigenvalue weighted by atomic mass is 16.5. The van der Waals surface area contributed by atoms with E-state index in [0.29, 0.717) is 18.3 Å². The number of nitrogens with one attached hydrogen (secondary N) is 3. The Bertz CT molecular complexity index is 668. The highest BCUT2D eigenvalue weighted by molar-refractivity contribution is 5.68. The number of imidazole rings is 1. The minimum atomic E-state index is -0.555. The van der Waals surface area contributed by atoms with Gasteiger partial charge in [-0.25, -0.2) is 9.78 Å². The van der Waals surface area contributed by atoms with Gasteiger partial charge >= 0.3 is 5.69 Å². The number of H-pyrrole nitrogens is 3. The summed E-state index contributed by atoms with van der Waals surface area (Å²) in [6.45, 7) is 2.76. The summed E-state index contributed by atoms with van der Waals surface area (Å²) in [5.74, 6) is 0.943. The molecule has 3 heterocycles. The Labute approximate surface area is 95.2 Å². The maximum atomic E-state index is 11.5. The van der Waals surface area contributed by atoms with Crippen molar-refractivity contribution in [2.45, 2.75) is 19.4 Å². The third kappa shape index (κ3) is 1.59. The normalized spacial score (nSPS) is 24.5. The second-order valence-electron chi connectivity index (χ2n) is 4.31. The van der Waals surface area contributed by atoms with E-state index in [2.05, 4.69) is 26.9 Å². The number of hydrogen-bond donors (Lipinski definition) is 3. The van der Waals surface area contributed by atoms with Crippen molar-refractivity contribution in [3.63, 3.8) is 0 Å². The molecule has 3 rings (SSSR count). The minimum absolute atomic E-state index is 0.134. The molecule has 2 aromatic rings. The monoisotopic (exact) mass is 236 g/mol. The molecule has 2 aromatic heterocycles. The molecule has 1 aliphatic rings. The first-order chi connectivity index (χ1) is 8.15. The zero-order valence-electron chi connectivity index (χ0n) is 9.24. The highest BCUT2D eigenvalue weighted by Gasteiger charge is 2.28. The van der Waals surface area contributed by atoms with Crippen LogP contribution in [0.25, 0.3) is 11.2 Å². The second-order valence-corrected chi connectivity index (χ2v) is 4.31. The smallest absolute Gasteiger partial charge is 0.327 e. The van der Waals surface area contributed by atoms with Crippen LogP contribution in [0.4, 0.5) is 0 Å². The largest absolute Gasteiger partial charge is 0.370 e. The molecular weight excluding hydrogens is 224 g/mol. The van der Waals surface area contributed by atoms with Gasteiger partial charge in [-0.3, -0.25) is 14.8 Å². The number of fused-ring (bicyclic) bond motifs is 1. The lowest BCUT2D eigenvalue weighted by atomic mass is 10.0. The first-order valence-corrected chi connectivity index (χ1v) is 5.49. The van der Waals surface area contributed by atoms with Crippen molar-refractivity contribution in [3.05, 3.63) is 26.7 Å². The molecule has 0 aliphatic carbocycles. The Kier molecular flexibility index (Phi) is 2.15. The molecular formula is C10H12N4O3. The SMILES string of the molecule is CC1CCOC1c1nc2[nH]c(=O)[nH]c(=O)c2[nH]1. The Morgan fingerprint density at radius 2 is 2.12 bits per heavy atom. The van der Waals surface area contributed by atoms with Crippen molar-refractivity contribution in [2.24, 2.45) is 5.92 Å². The molecule has 0 amide bonds. The number of aromatic amines is 3. The summed E-state index contributed by atoms with van der Waals surface area (Å²) in [6.07, 6.45) is 0.833. The van der Waals surface area contributed by atoms with Crippen molar-refractivity contribution in [1.29, 1.82) is 0 Å². The number of ether oxygens (including phenoxy) is 1. The van der Waals surface area contributed by atoms with Crippen molar-refractivity contribution >= 4 is 11.2 Å². The molecule has 1 fully saturated rings. The average molecular weight is 236 g/mol. The summed E-state index contributed by atoms with van der Waals surface area (Å²) in [7, 11) is 0. The Morgan fingerprint density at radius 3 is 2.82 bits per heavy atom. The molecule has 0 radical (unpaired) electrons. The topological polar surface area (TPSA) is 104 Å². The molecule has 2 unspecified atom stereocenters. The van der Waals surface area contributed by atoms with Crippen LogP contribution in [0.5, 0.6) is 0 Å². The van der Waals surface area contributed by atoms with Crippen LogP contribution in [-0.4, -0.2) is 26.5 Å². The van der Waals surface area contributed by atoms with Gasteiger partial charge in [-0.1, -0.05) is 6.92 Å². The predicted molar refractivity (Wildman–Crippen MR) is 59.8 cm³/mol. The van der Waals surface area contributed by atoms with E-state index in [0.717, 1.165) is 6.42 Å². The quantitative estimate of drug-likeness (QED) is 0.650. The van der Waals surface area contributed by atoms with E-state index in [-0.39, 0.29) is 17.3 Å². The van der Waals surface area contributed by atoms with Crippen molar-refractivity contribution < 1.29 is 4.74 Å². The van der Waals surface area contributed by atoms with E-state index in [1.54, 1.807) is 0 Å². The third-order valence-electron chi connectivity index (χ3n) is 3.07. The molecule has 0 spiro atoms. The van der Waals surface area contributed by atoms with Crippen LogP contribution in [0.3, 0.4) is 0 Å². The molecule has 7 heteroatoms. The molecule has 90 valence electrons. The summed E-state index contributed by atoms with van der Waals surface area (Å²) >= 11 is 0. The number of rotatable bonds is 1. The Balaban J connectivity index is 2.16. The van der Waals surface area contributed by atoms with E-state index in [1.165, 1.54) is 0 Å². The molecule has 0 saturated carbocycles. The van der Waals surface area contributed by atoms with Crippen molar-refractivity contribution in [3.8, 4) is 0 Å². The van der Waals surface area contributed by atoms with E-state index < -0.39 is 11.2 Å². The second kappa shape index (κ2) is 3.56. The summed E-state index contributed by atoms with van der Waals surface area (Å²) in [5.41, 5.74) is -0.465. The van der Waals surface area contributed by atoms with Gasteiger partial charge in [0.1, 0.15) is 17.4 Å². The van der Waals surface area contributed by atoms with Gasteiger partial charge in [0.25, 0.3) is 5.56 Å². The van der Waals surface area contributed by atoms with Gasteiger partial charge < -0.3 is 9.72 Å². The zero-order valence-corrected chi connectivity index (χ0v) is 9.24. The fraction of sp³-hybridized carbons (Fsp3) is 0.500. The van der Waals surface area contributed by atoms with Crippen LogP contribution >= 0.6 is 0 Å². The summed E-state index contributed by atoms with van der Waals surface area (Å²) in [4.78, 5) is 34.4. The zero-order chi connectivity index (χ0) is 12.0. The van der Waals surface area contributed by atoms with Crippen molar-refractivity contribution in [2.75, 3.05) is 6.61 Å². The molecule has 1 saturated heterocycles. The Morgan fingerprint density at radius 1 is 1.29 bits per heavy atom. The average Bonchev–Trinajstić information content (AvgIpc) is 2.83. The lowest BCUT2D eigenvalue weighted by molar-refractivity contribution is 0.0882. The van der Waals surface area contributed by atoms with Crippen LogP contribution in [0, 0.1) is 5.92 Å². The van der Waals surface area contributed by atoms with E-state index in [9.17, 15) is 9.59 Å². The van der Waals surface area contributed by atoms with E-state index in [4.69, 9.17) is 4.74 Å². The fourth-order valence-electron chi connectivity index (χ4n) is 2.13. The van der Waals surface area contributed by atoms with Crippen LogP contribution in [0.15, 0.2) is 9.59 Å². The van der Waals surface area contributed by atoms with Gasteiger partial charge in [-0.15, -0.1) is 0 Å². The summed E-state index contributed by atoms with van der Waals surface area (Å²) in [6, 6.07) is 0. The van der Waals surface area contributed by atoms with Gasteiger partial charge in [0.05, 0.1) is 0 Å². The van der Waals surface area contributed by atoms with Gasteiger partial charge in [0, 0.05) is 6.61 Å². The maximum absolute atomic E-state index is 11.5.